The molecule has 1 aromatic carbocycles. The van der Waals surface area contributed by atoms with Crippen LogP contribution < -0.4 is 4.74 Å². The summed E-state index contributed by atoms with van der Waals surface area (Å²) in [6, 6.07) is 3.69. The standard InChI is InChI=1S/C14H11I2NO5S/c1-2-22-12-8(15)3-7(4-9(12)16)5-10-13(20)17(6-11(18)19)14(21)23-10/h3-5H,2,6H2,1H3,(H,18,19)/b10-5+. The van der Waals surface area contributed by atoms with Gasteiger partial charge in [-0.05, 0) is 87.6 Å². The average molecular weight is 559 g/mol. The number of carboxylic acids is 1. The number of hydrogen-bond donors (Lipinski definition) is 1. The molecule has 23 heavy (non-hydrogen) atoms. The Balaban J connectivity index is 2.31. The molecule has 0 aromatic heterocycles. The van der Waals surface area contributed by atoms with E-state index in [1.807, 2.05) is 19.1 Å². The van der Waals surface area contributed by atoms with E-state index in [4.69, 9.17) is 9.84 Å². The molecule has 9 heteroatoms. The minimum absolute atomic E-state index is 0.215. The van der Waals surface area contributed by atoms with Crippen LogP contribution in [0.5, 0.6) is 5.75 Å². The van der Waals surface area contributed by atoms with E-state index in [1.54, 1.807) is 6.08 Å². The molecule has 1 N–H and O–H groups in total. The number of hydrogen-bond acceptors (Lipinski definition) is 5. The molecular formula is C14H11I2NO5S. The van der Waals surface area contributed by atoms with Gasteiger partial charge in [0.2, 0.25) is 0 Å². The Morgan fingerprint density at radius 1 is 1.35 bits per heavy atom. The van der Waals surface area contributed by atoms with Gasteiger partial charge in [0, 0.05) is 0 Å². The van der Waals surface area contributed by atoms with E-state index >= 15 is 0 Å². The maximum atomic E-state index is 12.1. The predicted molar refractivity (Wildman–Crippen MR) is 103 cm³/mol. The molecule has 2 amide bonds. The fourth-order valence-electron chi connectivity index (χ4n) is 1.87. The van der Waals surface area contributed by atoms with Gasteiger partial charge in [-0.15, -0.1) is 0 Å². The third-order valence-corrected chi connectivity index (χ3v) is 5.28. The highest BCUT2D eigenvalue weighted by Gasteiger charge is 2.36. The molecule has 0 saturated carbocycles. The molecule has 1 aromatic rings. The minimum atomic E-state index is -1.22. The normalized spacial score (nSPS) is 16.3. The van der Waals surface area contributed by atoms with Crippen molar-refractivity contribution in [2.75, 3.05) is 13.2 Å². The average Bonchev–Trinajstić information content (AvgIpc) is 2.70. The Bertz CT molecular complexity index is 696. The van der Waals surface area contributed by atoms with Crippen molar-refractivity contribution >= 4 is 80.1 Å². The molecule has 0 unspecified atom stereocenters. The SMILES string of the molecule is CCOc1c(I)cc(/C=C2/SC(=O)N(CC(=O)O)C2=O)cc1I. The van der Waals surface area contributed by atoms with Crippen LogP contribution >= 0.6 is 56.9 Å². The summed E-state index contributed by atoms with van der Waals surface area (Å²) in [5.74, 6) is -1.02. The van der Waals surface area contributed by atoms with E-state index < -0.39 is 23.7 Å². The number of carboxylic acid groups (broad SMARTS) is 1. The lowest BCUT2D eigenvalue weighted by atomic mass is 10.2. The number of aliphatic carboxylic acids is 1. The quantitative estimate of drug-likeness (QED) is 0.440. The van der Waals surface area contributed by atoms with Crippen LogP contribution in [0.15, 0.2) is 17.0 Å². The van der Waals surface area contributed by atoms with Crippen molar-refractivity contribution in [2.45, 2.75) is 6.92 Å². The third-order valence-electron chi connectivity index (χ3n) is 2.77. The van der Waals surface area contributed by atoms with Gasteiger partial charge in [0.1, 0.15) is 12.3 Å². The summed E-state index contributed by atoms with van der Waals surface area (Å²) in [7, 11) is 0. The van der Waals surface area contributed by atoms with Crippen molar-refractivity contribution in [1.82, 2.24) is 4.90 Å². The summed E-state index contributed by atoms with van der Waals surface area (Å²) in [6.07, 6.45) is 1.59. The van der Waals surface area contributed by atoms with E-state index in [0.717, 1.165) is 35.1 Å². The van der Waals surface area contributed by atoms with Crippen LogP contribution in [0.1, 0.15) is 12.5 Å². The van der Waals surface area contributed by atoms with Crippen LogP contribution in [0.25, 0.3) is 6.08 Å². The van der Waals surface area contributed by atoms with Gasteiger partial charge in [-0.1, -0.05) is 0 Å². The zero-order valence-corrected chi connectivity index (χ0v) is 17.0. The van der Waals surface area contributed by atoms with Gasteiger partial charge < -0.3 is 9.84 Å². The van der Waals surface area contributed by atoms with Gasteiger partial charge in [-0.3, -0.25) is 19.3 Å². The molecule has 1 heterocycles. The van der Waals surface area contributed by atoms with E-state index in [9.17, 15) is 14.4 Å². The molecule has 2 rings (SSSR count). The molecule has 122 valence electrons. The molecule has 0 atom stereocenters. The van der Waals surface area contributed by atoms with Gasteiger partial charge in [0.15, 0.2) is 0 Å². The topological polar surface area (TPSA) is 83.9 Å². The Morgan fingerprint density at radius 3 is 2.48 bits per heavy atom. The van der Waals surface area contributed by atoms with E-state index in [2.05, 4.69) is 45.2 Å². The molecule has 0 spiro atoms. The number of rotatable bonds is 5. The number of carbonyl (C=O) groups is 3. The molecule has 6 nitrogen and oxygen atoms in total. The number of amides is 2. The number of nitrogens with zero attached hydrogens (tertiary/aromatic N) is 1. The van der Waals surface area contributed by atoms with Crippen molar-refractivity contribution in [2.24, 2.45) is 0 Å². The van der Waals surface area contributed by atoms with E-state index in [0.29, 0.717) is 6.61 Å². The summed E-state index contributed by atoms with van der Waals surface area (Å²) in [6.45, 7) is 1.83. The van der Waals surface area contributed by atoms with Gasteiger partial charge in [0.05, 0.1) is 18.7 Å². The van der Waals surface area contributed by atoms with Crippen LogP contribution in [0.2, 0.25) is 0 Å². The number of carbonyl (C=O) groups excluding carboxylic acids is 2. The van der Waals surface area contributed by atoms with Crippen molar-refractivity contribution in [3.05, 3.63) is 29.7 Å². The van der Waals surface area contributed by atoms with Crippen LogP contribution in [-0.2, 0) is 9.59 Å². The summed E-state index contributed by atoms with van der Waals surface area (Å²) < 4.78 is 7.35. The molecular weight excluding hydrogens is 548 g/mol. The second kappa shape index (κ2) is 7.83. The lowest BCUT2D eigenvalue weighted by Crippen LogP contribution is -2.33. The Labute approximate surface area is 163 Å². The van der Waals surface area contributed by atoms with Gasteiger partial charge in [-0.2, -0.15) is 0 Å². The molecule has 0 aliphatic carbocycles. The summed E-state index contributed by atoms with van der Waals surface area (Å²) >= 11 is 5.03. The number of halogens is 2. The van der Waals surface area contributed by atoms with Crippen molar-refractivity contribution in [3.63, 3.8) is 0 Å². The Morgan fingerprint density at radius 2 is 1.96 bits per heavy atom. The highest BCUT2D eigenvalue weighted by atomic mass is 127. The lowest BCUT2D eigenvalue weighted by molar-refractivity contribution is -0.140. The predicted octanol–water partition coefficient (Wildman–Crippen LogP) is 3.42. The van der Waals surface area contributed by atoms with E-state index in [-0.39, 0.29) is 4.91 Å². The first kappa shape index (κ1) is 18.5. The second-order valence-corrected chi connectivity index (χ2v) is 7.73. The third kappa shape index (κ3) is 4.38. The number of imide groups is 1. The van der Waals surface area contributed by atoms with Gasteiger partial charge in [-0.25, -0.2) is 0 Å². The number of thioether (sulfide) groups is 1. The molecule has 1 aliphatic heterocycles. The maximum Gasteiger partial charge on any atom is 0.323 e. The first-order valence-electron chi connectivity index (χ1n) is 6.42. The highest BCUT2D eigenvalue weighted by Crippen LogP contribution is 2.34. The van der Waals surface area contributed by atoms with Crippen LogP contribution in [0, 0.1) is 7.14 Å². The smallest absolute Gasteiger partial charge is 0.323 e. The minimum Gasteiger partial charge on any atom is -0.492 e. The van der Waals surface area contributed by atoms with Crippen LogP contribution in [0.4, 0.5) is 4.79 Å². The summed E-state index contributed by atoms with van der Waals surface area (Å²) in [5.41, 5.74) is 0.753. The van der Waals surface area contributed by atoms with Crippen LogP contribution in [0.3, 0.4) is 0 Å². The Hall–Kier alpha value is -0.820. The molecule has 1 saturated heterocycles. The van der Waals surface area contributed by atoms with Gasteiger partial charge >= 0.3 is 5.97 Å². The summed E-state index contributed by atoms with van der Waals surface area (Å²) in [4.78, 5) is 35.5. The largest absolute Gasteiger partial charge is 0.492 e. The number of ether oxygens (including phenoxy) is 1. The monoisotopic (exact) mass is 559 g/mol. The highest BCUT2D eigenvalue weighted by molar-refractivity contribution is 14.1. The van der Waals surface area contributed by atoms with Crippen molar-refractivity contribution < 1.29 is 24.2 Å². The van der Waals surface area contributed by atoms with Crippen LogP contribution in [-0.4, -0.2) is 40.3 Å². The zero-order chi connectivity index (χ0) is 17.1. The molecule has 0 bridgehead atoms. The lowest BCUT2D eigenvalue weighted by Gasteiger charge is -2.10. The molecule has 1 fully saturated rings. The maximum absolute atomic E-state index is 12.1. The zero-order valence-electron chi connectivity index (χ0n) is 11.8. The first-order chi connectivity index (χ1) is 10.8. The van der Waals surface area contributed by atoms with Gasteiger partial charge in [0.25, 0.3) is 11.1 Å². The molecule has 0 radical (unpaired) electrons. The summed E-state index contributed by atoms with van der Waals surface area (Å²) in [5, 5.41) is 8.18. The number of benzene rings is 1. The fraction of sp³-hybridized carbons (Fsp3) is 0.214. The van der Waals surface area contributed by atoms with Crippen molar-refractivity contribution in [1.29, 1.82) is 0 Å². The Kier molecular flexibility index (Phi) is 6.31. The fourth-order valence-corrected chi connectivity index (χ4v) is 4.83. The van der Waals surface area contributed by atoms with E-state index in [1.165, 1.54) is 0 Å². The second-order valence-electron chi connectivity index (χ2n) is 4.41. The molecule has 1 aliphatic rings. The first-order valence-corrected chi connectivity index (χ1v) is 9.40. The van der Waals surface area contributed by atoms with Crippen molar-refractivity contribution in [3.8, 4) is 5.75 Å².